The Bertz CT molecular complexity index is 397. The monoisotopic (exact) mass is 352 g/mol. The SMILES string of the molecule is Cl.NCCC1CCCCN1C(=O)c1csc(Br)c1. The van der Waals surface area contributed by atoms with Gasteiger partial charge in [0, 0.05) is 18.0 Å². The number of hydrogen-bond donors (Lipinski definition) is 1. The van der Waals surface area contributed by atoms with Crippen LogP contribution in [0.5, 0.6) is 0 Å². The van der Waals surface area contributed by atoms with Gasteiger partial charge in [-0.15, -0.1) is 23.7 Å². The van der Waals surface area contributed by atoms with E-state index >= 15 is 0 Å². The van der Waals surface area contributed by atoms with E-state index in [0.29, 0.717) is 12.6 Å². The molecule has 1 amide bonds. The molecule has 1 unspecified atom stereocenters. The second-order valence-electron chi connectivity index (χ2n) is 4.36. The second kappa shape index (κ2) is 7.48. The van der Waals surface area contributed by atoms with Crippen LogP contribution in [0.25, 0.3) is 0 Å². The lowest BCUT2D eigenvalue weighted by atomic mass is 9.98. The molecule has 1 aromatic rings. The van der Waals surface area contributed by atoms with E-state index in [-0.39, 0.29) is 18.3 Å². The number of rotatable bonds is 3. The molecule has 1 aliphatic heterocycles. The van der Waals surface area contributed by atoms with Crippen LogP contribution in [0.15, 0.2) is 15.2 Å². The van der Waals surface area contributed by atoms with Crippen LogP contribution in [0.4, 0.5) is 0 Å². The third-order valence-electron chi connectivity index (χ3n) is 3.20. The van der Waals surface area contributed by atoms with Crippen LogP contribution in [0.2, 0.25) is 0 Å². The summed E-state index contributed by atoms with van der Waals surface area (Å²) in [4.78, 5) is 14.4. The third kappa shape index (κ3) is 3.70. The zero-order valence-electron chi connectivity index (χ0n) is 10.1. The standard InChI is InChI=1S/C12H17BrN2OS.ClH/c13-11-7-9(8-17-11)12(16)15-6-2-1-3-10(15)4-5-14;/h7-8,10H,1-6,14H2;1H. The lowest BCUT2D eigenvalue weighted by molar-refractivity contribution is 0.0605. The summed E-state index contributed by atoms with van der Waals surface area (Å²) in [5, 5.41) is 1.92. The van der Waals surface area contributed by atoms with Crippen molar-refractivity contribution < 1.29 is 4.79 Å². The third-order valence-corrected chi connectivity index (χ3v) is 4.71. The largest absolute Gasteiger partial charge is 0.336 e. The molecule has 1 aliphatic rings. The second-order valence-corrected chi connectivity index (χ2v) is 6.66. The van der Waals surface area contributed by atoms with Gasteiger partial charge >= 0.3 is 0 Å². The highest BCUT2D eigenvalue weighted by Gasteiger charge is 2.27. The van der Waals surface area contributed by atoms with E-state index in [1.807, 2.05) is 16.3 Å². The van der Waals surface area contributed by atoms with Crippen LogP contribution in [-0.4, -0.2) is 29.9 Å². The molecule has 1 atom stereocenters. The number of piperidine rings is 1. The van der Waals surface area contributed by atoms with E-state index in [1.165, 1.54) is 6.42 Å². The van der Waals surface area contributed by atoms with Gasteiger partial charge in [0.05, 0.1) is 9.35 Å². The lowest BCUT2D eigenvalue weighted by Crippen LogP contribution is -2.44. The molecule has 0 bridgehead atoms. The summed E-state index contributed by atoms with van der Waals surface area (Å²) < 4.78 is 1.01. The number of nitrogens with two attached hydrogens (primary N) is 1. The van der Waals surface area contributed by atoms with Gasteiger partial charge in [-0.05, 0) is 54.2 Å². The molecule has 2 heterocycles. The maximum Gasteiger partial charge on any atom is 0.254 e. The number of halogens is 2. The van der Waals surface area contributed by atoms with Gasteiger partial charge in [0.1, 0.15) is 0 Å². The molecule has 2 rings (SSSR count). The lowest BCUT2D eigenvalue weighted by Gasteiger charge is -2.35. The number of thiophene rings is 1. The Labute approximate surface area is 126 Å². The predicted octanol–water partition coefficient (Wildman–Crippen LogP) is 3.28. The summed E-state index contributed by atoms with van der Waals surface area (Å²) in [5.41, 5.74) is 6.42. The Balaban J connectivity index is 0.00000162. The van der Waals surface area contributed by atoms with Crippen molar-refractivity contribution in [2.75, 3.05) is 13.1 Å². The van der Waals surface area contributed by atoms with Crippen LogP contribution < -0.4 is 5.73 Å². The molecule has 0 saturated carbocycles. The van der Waals surface area contributed by atoms with E-state index in [1.54, 1.807) is 11.3 Å². The van der Waals surface area contributed by atoms with Gasteiger partial charge in [0.2, 0.25) is 0 Å². The van der Waals surface area contributed by atoms with Crippen LogP contribution >= 0.6 is 39.7 Å². The molecule has 18 heavy (non-hydrogen) atoms. The Morgan fingerprint density at radius 2 is 2.33 bits per heavy atom. The Morgan fingerprint density at radius 1 is 1.56 bits per heavy atom. The predicted molar refractivity (Wildman–Crippen MR) is 81.6 cm³/mol. The van der Waals surface area contributed by atoms with Crippen molar-refractivity contribution in [1.29, 1.82) is 0 Å². The van der Waals surface area contributed by atoms with E-state index < -0.39 is 0 Å². The maximum absolute atomic E-state index is 12.4. The first-order valence-electron chi connectivity index (χ1n) is 5.97. The minimum atomic E-state index is 0. The number of carbonyl (C=O) groups is 1. The molecule has 2 N–H and O–H groups in total. The Hall–Kier alpha value is -0.100. The number of carbonyl (C=O) groups excluding carboxylic acids is 1. The molecule has 102 valence electrons. The topological polar surface area (TPSA) is 46.3 Å². The van der Waals surface area contributed by atoms with Gasteiger partial charge in [0.15, 0.2) is 0 Å². The fraction of sp³-hybridized carbons (Fsp3) is 0.583. The zero-order chi connectivity index (χ0) is 12.3. The molecule has 1 saturated heterocycles. The van der Waals surface area contributed by atoms with E-state index in [2.05, 4.69) is 15.9 Å². The van der Waals surface area contributed by atoms with Crippen LogP contribution in [0, 0.1) is 0 Å². The Morgan fingerprint density at radius 3 is 2.94 bits per heavy atom. The Kier molecular flexibility index (Phi) is 6.63. The minimum absolute atomic E-state index is 0. The van der Waals surface area contributed by atoms with Crippen molar-refractivity contribution in [1.82, 2.24) is 4.90 Å². The number of amides is 1. The molecule has 1 fully saturated rings. The smallest absolute Gasteiger partial charge is 0.254 e. The van der Waals surface area contributed by atoms with Gasteiger partial charge in [-0.1, -0.05) is 0 Å². The first kappa shape index (κ1) is 16.0. The summed E-state index contributed by atoms with van der Waals surface area (Å²) in [5.74, 6) is 0.158. The highest BCUT2D eigenvalue weighted by Crippen LogP contribution is 2.25. The summed E-state index contributed by atoms with van der Waals surface area (Å²) >= 11 is 4.95. The van der Waals surface area contributed by atoms with Crippen molar-refractivity contribution in [3.63, 3.8) is 0 Å². The van der Waals surface area contributed by atoms with Crippen molar-refractivity contribution in [2.24, 2.45) is 5.73 Å². The minimum Gasteiger partial charge on any atom is -0.336 e. The average molecular weight is 354 g/mol. The van der Waals surface area contributed by atoms with Crippen molar-refractivity contribution in [3.05, 3.63) is 20.8 Å². The van der Waals surface area contributed by atoms with Crippen LogP contribution in [0.3, 0.4) is 0 Å². The van der Waals surface area contributed by atoms with E-state index in [0.717, 1.165) is 35.2 Å². The summed E-state index contributed by atoms with van der Waals surface area (Å²) in [6.45, 7) is 1.53. The quantitative estimate of drug-likeness (QED) is 0.906. The van der Waals surface area contributed by atoms with Crippen LogP contribution in [-0.2, 0) is 0 Å². The summed E-state index contributed by atoms with van der Waals surface area (Å²) in [6, 6.07) is 2.24. The molecule has 1 aromatic heterocycles. The van der Waals surface area contributed by atoms with Crippen molar-refractivity contribution >= 4 is 45.6 Å². The van der Waals surface area contributed by atoms with Gasteiger partial charge in [-0.2, -0.15) is 0 Å². The molecular weight excluding hydrogens is 336 g/mol. The summed E-state index contributed by atoms with van der Waals surface area (Å²) in [7, 11) is 0. The normalized spacial score (nSPS) is 19.4. The zero-order valence-corrected chi connectivity index (χ0v) is 13.3. The average Bonchev–Trinajstić information content (AvgIpc) is 2.76. The molecule has 6 heteroatoms. The van der Waals surface area contributed by atoms with Gasteiger partial charge in [-0.25, -0.2) is 0 Å². The van der Waals surface area contributed by atoms with Gasteiger partial charge in [-0.3, -0.25) is 4.79 Å². The summed E-state index contributed by atoms with van der Waals surface area (Å²) in [6.07, 6.45) is 4.32. The van der Waals surface area contributed by atoms with Crippen LogP contribution in [0.1, 0.15) is 36.0 Å². The van der Waals surface area contributed by atoms with Gasteiger partial charge < -0.3 is 10.6 Å². The highest BCUT2D eigenvalue weighted by atomic mass is 79.9. The molecule has 0 spiro atoms. The molecular formula is C12H18BrClN2OS. The molecule has 0 radical (unpaired) electrons. The van der Waals surface area contributed by atoms with E-state index in [4.69, 9.17) is 5.73 Å². The molecule has 3 nitrogen and oxygen atoms in total. The van der Waals surface area contributed by atoms with Crippen molar-refractivity contribution in [2.45, 2.75) is 31.7 Å². The van der Waals surface area contributed by atoms with Gasteiger partial charge in [0.25, 0.3) is 5.91 Å². The number of nitrogens with zero attached hydrogens (tertiary/aromatic N) is 1. The fourth-order valence-electron chi connectivity index (χ4n) is 2.35. The first-order chi connectivity index (χ1) is 8.22. The maximum atomic E-state index is 12.4. The number of hydrogen-bond acceptors (Lipinski definition) is 3. The van der Waals surface area contributed by atoms with Crippen molar-refractivity contribution in [3.8, 4) is 0 Å². The highest BCUT2D eigenvalue weighted by molar-refractivity contribution is 9.11. The number of likely N-dealkylation sites (tertiary alicyclic amines) is 1. The fourth-order valence-corrected chi connectivity index (χ4v) is 3.48. The molecule has 0 aromatic carbocycles. The van der Waals surface area contributed by atoms with E-state index in [9.17, 15) is 4.79 Å². The first-order valence-corrected chi connectivity index (χ1v) is 7.64. The molecule has 0 aliphatic carbocycles.